The first-order chi connectivity index (χ1) is 32.6. The van der Waals surface area contributed by atoms with Crippen LogP contribution in [0.1, 0.15) is 161 Å². The number of rotatable bonds is 15. The second-order valence-corrected chi connectivity index (χ2v) is 26.9. The molecule has 0 heterocycles. The Morgan fingerprint density at radius 1 is 0.632 bits per heavy atom. The molecule has 11 heteroatoms. The lowest BCUT2D eigenvalue weighted by molar-refractivity contribution is 0.392. The third-order valence-corrected chi connectivity index (χ3v) is 21.5. The summed E-state index contributed by atoms with van der Waals surface area (Å²) in [5, 5.41) is 0. The molecule has 6 aliphatic rings. The summed E-state index contributed by atoms with van der Waals surface area (Å²) in [6.45, 7) is 5.67. The van der Waals surface area contributed by atoms with Gasteiger partial charge in [0.1, 0.15) is 27.0 Å². The number of ether oxygens (including phenoxy) is 1. The van der Waals surface area contributed by atoms with Crippen molar-refractivity contribution in [1.29, 1.82) is 0 Å². The molecular formula is C57H63IO7S3. The lowest BCUT2D eigenvalue weighted by Crippen LogP contribution is -2.23. The minimum Gasteiger partial charge on any atom is -0.455 e. The Balaban J connectivity index is 0.989. The van der Waals surface area contributed by atoms with Gasteiger partial charge in [-0.1, -0.05) is 100 Å². The molecule has 8 unspecified atom stereocenters. The van der Waals surface area contributed by atoms with Crippen LogP contribution >= 0.6 is 34.4 Å². The summed E-state index contributed by atoms with van der Waals surface area (Å²) in [6, 6.07) is 31.8. The normalized spacial score (nSPS) is 27.6. The van der Waals surface area contributed by atoms with Crippen LogP contribution < -0.4 is 8.92 Å². The van der Waals surface area contributed by atoms with Crippen LogP contribution in [-0.2, 0) is 26.7 Å². The van der Waals surface area contributed by atoms with E-state index < -0.39 is 26.2 Å². The van der Waals surface area contributed by atoms with Crippen LogP contribution in [0.4, 0.5) is 0 Å². The molecule has 11 rings (SSSR count). The second-order valence-electron chi connectivity index (χ2n) is 21.8. The van der Waals surface area contributed by atoms with Crippen molar-refractivity contribution >= 4 is 54.6 Å². The van der Waals surface area contributed by atoms with E-state index in [0.29, 0.717) is 63.7 Å². The van der Waals surface area contributed by atoms with Gasteiger partial charge in [-0.05, 0) is 234 Å². The van der Waals surface area contributed by atoms with Gasteiger partial charge >= 0.3 is 10.1 Å². The summed E-state index contributed by atoms with van der Waals surface area (Å²) >= 11 is 3.86. The molecule has 10 atom stereocenters. The fourth-order valence-corrected chi connectivity index (χ4v) is 18.2. The molecule has 7 nitrogen and oxygen atoms in total. The van der Waals surface area contributed by atoms with E-state index in [0.717, 1.165) is 80.2 Å². The van der Waals surface area contributed by atoms with Crippen molar-refractivity contribution in [1.82, 2.24) is 0 Å². The molecule has 0 radical (unpaired) electrons. The quantitative estimate of drug-likeness (QED) is 0.0628. The topological polar surface area (TPSA) is 107 Å². The monoisotopic (exact) mass is 1080 g/mol. The first-order valence-corrected chi connectivity index (χ1v) is 29.9. The van der Waals surface area contributed by atoms with E-state index in [2.05, 4.69) is 52.9 Å². The number of fused-ring (bicyclic) bond motifs is 6. The van der Waals surface area contributed by atoms with E-state index >= 15 is 8.42 Å². The highest BCUT2D eigenvalue weighted by Crippen LogP contribution is 2.60. The molecule has 6 bridgehead atoms. The second kappa shape index (κ2) is 18.7. The standard InChI is InChI=1S/C57H63IO7S3/c1-33(2)45-31-43(32-46(56(45)67(59,60)61)34(3)21-35-16-20-54(64-53-12-8-7-11-52(53)58)55(28-35)66-44-9-5-4-6-10-44)65-68(62,63)57-50(48-26-37-14-18-40(48)23-37)29-42(47-25-36-13-17-39(47)22-36)30-51(57)49-27-38-15-19-41(49)24-38/h4-12,16,20,28-34,36-41,47-49H,13-15,17-19,21-27H2,1-3H3,(H,59,60,61)/t34?,36?,37-,38?,39+,40?,41?,47?,48?,49?/m0/s1. The minimum absolute atomic E-state index is 0.0828. The van der Waals surface area contributed by atoms with E-state index in [1.54, 1.807) is 23.9 Å². The Bertz CT molecular complexity index is 2900. The van der Waals surface area contributed by atoms with Crippen molar-refractivity contribution in [3.8, 4) is 17.2 Å². The Kier molecular flexibility index (Phi) is 12.9. The van der Waals surface area contributed by atoms with E-state index in [-0.39, 0.29) is 28.4 Å². The summed E-state index contributed by atoms with van der Waals surface area (Å²) in [6.07, 6.45) is 14.6. The maximum atomic E-state index is 15.6. The van der Waals surface area contributed by atoms with Crippen LogP contribution in [0.2, 0.25) is 0 Å². The smallest absolute Gasteiger partial charge is 0.339 e. The Hall–Kier alpha value is -3.36. The van der Waals surface area contributed by atoms with Gasteiger partial charge in [-0.2, -0.15) is 16.8 Å². The van der Waals surface area contributed by atoms with Crippen molar-refractivity contribution in [3.63, 3.8) is 0 Å². The molecular weight excluding hydrogens is 1020 g/mol. The Morgan fingerprint density at radius 3 is 1.75 bits per heavy atom. The molecule has 0 aliphatic heterocycles. The highest BCUT2D eigenvalue weighted by atomic mass is 127. The predicted octanol–water partition coefficient (Wildman–Crippen LogP) is 15.4. The predicted molar refractivity (Wildman–Crippen MR) is 278 cm³/mol. The van der Waals surface area contributed by atoms with Crippen molar-refractivity contribution in [2.24, 2.45) is 35.5 Å². The summed E-state index contributed by atoms with van der Waals surface area (Å²) in [7, 11) is -9.17. The van der Waals surface area contributed by atoms with Gasteiger partial charge in [0.25, 0.3) is 10.1 Å². The molecule has 1 N–H and O–H groups in total. The van der Waals surface area contributed by atoms with Crippen molar-refractivity contribution < 1.29 is 30.3 Å². The molecule has 0 saturated heterocycles. The SMILES string of the molecule is CC(C)c1cc(OS(=O)(=O)c2c(C3CC4CCC3C4)cc(C3CC4CC[C@@H]3C4)cc2C2C[C@H]3CCC2C3)cc(C(C)Cc2ccc(Oc3ccccc3I)c(Sc3ccccc3)c2)c1S(=O)(=O)O. The molecule has 5 aromatic rings. The molecule has 68 heavy (non-hydrogen) atoms. The maximum absolute atomic E-state index is 15.6. The van der Waals surface area contributed by atoms with Crippen molar-refractivity contribution in [2.45, 2.75) is 153 Å². The number of benzene rings is 5. The minimum atomic E-state index is -4.75. The lowest BCUT2D eigenvalue weighted by Gasteiger charge is -2.32. The van der Waals surface area contributed by atoms with E-state index in [1.165, 1.54) is 44.1 Å². The number of halogens is 1. The molecule has 0 spiro atoms. The zero-order chi connectivity index (χ0) is 47.1. The summed E-state index contributed by atoms with van der Waals surface area (Å²) < 4.78 is 83.3. The summed E-state index contributed by atoms with van der Waals surface area (Å²) in [5.74, 6) is 5.19. The first-order valence-electron chi connectivity index (χ1n) is 25.2. The fraction of sp³-hybridized carbons (Fsp3) is 0.474. The average molecular weight is 1080 g/mol. The Labute approximate surface area is 422 Å². The van der Waals surface area contributed by atoms with Crippen molar-refractivity contribution in [3.05, 3.63) is 134 Å². The Morgan fingerprint density at radius 2 is 1.21 bits per heavy atom. The van der Waals surface area contributed by atoms with E-state index in [4.69, 9.17) is 8.92 Å². The van der Waals surface area contributed by atoms with Gasteiger partial charge in [0.2, 0.25) is 0 Å². The number of hydrogen-bond acceptors (Lipinski definition) is 7. The average Bonchev–Trinajstić information content (AvgIpc) is 4.20. The third-order valence-electron chi connectivity index (χ3n) is 17.2. The van der Waals surface area contributed by atoms with Gasteiger partial charge in [0.15, 0.2) is 0 Å². The van der Waals surface area contributed by atoms with Crippen molar-refractivity contribution in [2.75, 3.05) is 0 Å². The molecule has 0 amide bonds. The van der Waals surface area contributed by atoms with Crippen LogP contribution in [0.5, 0.6) is 17.2 Å². The zero-order valence-corrected chi connectivity index (χ0v) is 43.9. The molecule has 5 aromatic carbocycles. The van der Waals surface area contributed by atoms with Gasteiger partial charge in [-0.25, -0.2) is 0 Å². The fourth-order valence-electron chi connectivity index (χ4n) is 14.2. The van der Waals surface area contributed by atoms with Crippen LogP contribution in [0.25, 0.3) is 0 Å². The molecule has 6 fully saturated rings. The number of hydrogen-bond donors (Lipinski definition) is 1. The molecule has 358 valence electrons. The van der Waals surface area contributed by atoms with Crippen LogP contribution in [0.3, 0.4) is 0 Å². The number of para-hydroxylation sites is 1. The third kappa shape index (κ3) is 9.22. The maximum Gasteiger partial charge on any atom is 0.339 e. The largest absolute Gasteiger partial charge is 0.455 e. The first kappa shape index (κ1) is 47.0. The molecule has 6 saturated carbocycles. The van der Waals surface area contributed by atoms with Gasteiger partial charge in [0.05, 0.1) is 8.47 Å². The van der Waals surface area contributed by atoms with E-state index in [9.17, 15) is 13.0 Å². The van der Waals surface area contributed by atoms with Gasteiger partial charge in [-0.3, -0.25) is 4.55 Å². The summed E-state index contributed by atoms with van der Waals surface area (Å²) in [5.41, 5.74) is 4.92. The van der Waals surface area contributed by atoms with Crippen LogP contribution in [0.15, 0.2) is 117 Å². The van der Waals surface area contributed by atoms with Gasteiger partial charge in [-0.15, -0.1) is 0 Å². The lowest BCUT2D eigenvalue weighted by atomic mass is 9.75. The van der Waals surface area contributed by atoms with Crippen LogP contribution in [-0.4, -0.2) is 21.4 Å². The highest BCUT2D eigenvalue weighted by molar-refractivity contribution is 14.1. The molecule has 6 aliphatic carbocycles. The van der Waals surface area contributed by atoms with Crippen LogP contribution in [0, 0.1) is 39.1 Å². The zero-order valence-electron chi connectivity index (χ0n) is 39.3. The van der Waals surface area contributed by atoms with Gasteiger partial charge < -0.3 is 8.92 Å². The highest BCUT2D eigenvalue weighted by Gasteiger charge is 2.48. The van der Waals surface area contributed by atoms with Gasteiger partial charge in [0, 0.05) is 4.90 Å². The van der Waals surface area contributed by atoms with E-state index in [1.807, 2.05) is 75.4 Å². The molecule has 0 aromatic heterocycles. The summed E-state index contributed by atoms with van der Waals surface area (Å²) in [4.78, 5) is 2.15.